The van der Waals surface area contributed by atoms with Crippen LogP contribution in [-0.2, 0) is 11.2 Å². The molecule has 1 amide bonds. The van der Waals surface area contributed by atoms with Crippen molar-refractivity contribution in [3.05, 3.63) is 35.6 Å². The smallest absolute Gasteiger partial charge is 0.226 e. The van der Waals surface area contributed by atoms with Crippen molar-refractivity contribution in [3.63, 3.8) is 0 Å². The van der Waals surface area contributed by atoms with Crippen LogP contribution in [-0.4, -0.2) is 23.9 Å². The van der Waals surface area contributed by atoms with Gasteiger partial charge in [-0.3, -0.25) is 4.79 Å². The van der Waals surface area contributed by atoms with Gasteiger partial charge < -0.3 is 4.90 Å². The van der Waals surface area contributed by atoms with Crippen LogP contribution in [0, 0.1) is 23.1 Å². The van der Waals surface area contributed by atoms with Gasteiger partial charge in [-0.25, -0.2) is 4.39 Å². The predicted octanol–water partition coefficient (Wildman–Crippen LogP) is 2.77. The van der Waals surface area contributed by atoms with E-state index in [9.17, 15) is 9.18 Å². The highest BCUT2D eigenvalue weighted by atomic mass is 19.1. The minimum Gasteiger partial charge on any atom is -0.329 e. The fraction of sp³-hybridized carbons (Fsp3) is 0.467. The van der Waals surface area contributed by atoms with Gasteiger partial charge in [0.15, 0.2) is 0 Å². The van der Waals surface area contributed by atoms with Crippen molar-refractivity contribution >= 4 is 5.91 Å². The first kappa shape index (κ1) is 15.2. The number of carbonyl (C=O) groups is 1. The molecule has 1 aromatic rings. The Balaban J connectivity index is 2.56. The number of nitrogens with zero attached hydrogens (tertiary/aromatic N) is 2. The summed E-state index contributed by atoms with van der Waals surface area (Å²) in [6.07, 6.45) is 1.12. The number of carbonyl (C=O) groups excluding carboxylic acids is 1. The summed E-state index contributed by atoms with van der Waals surface area (Å²) in [4.78, 5) is 13.6. The third-order valence-corrected chi connectivity index (χ3v) is 3.18. The third-order valence-electron chi connectivity index (χ3n) is 3.18. The van der Waals surface area contributed by atoms with Crippen LogP contribution in [0.15, 0.2) is 24.3 Å². The second kappa shape index (κ2) is 7.52. The van der Waals surface area contributed by atoms with Crippen molar-refractivity contribution < 1.29 is 9.18 Å². The lowest BCUT2D eigenvalue weighted by atomic mass is 9.99. The van der Waals surface area contributed by atoms with Crippen molar-refractivity contribution in [1.29, 1.82) is 5.26 Å². The summed E-state index contributed by atoms with van der Waals surface area (Å²) in [7, 11) is 0. The Morgan fingerprint density at radius 1 is 1.47 bits per heavy atom. The van der Waals surface area contributed by atoms with Crippen LogP contribution in [0.2, 0.25) is 0 Å². The second-order valence-electron chi connectivity index (χ2n) is 4.54. The highest BCUT2D eigenvalue weighted by molar-refractivity contribution is 5.78. The van der Waals surface area contributed by atoms with Crippen molar-refractivity contribution in [2.75, 3.05) is 13.1 Å². The zero-order valence-electron chi connectivity index (χ0n) is 11.4. The molecule has 0 bridgehead atoms. The first-order valence-electron chi connectivity index (χ1n) is 6.49. The van der Waals surface area contributed by atoms with Crippen LogP contribution in [0.1, 0.15) is 25.8 Å². The molecule has 0 saturated heterocycles. The van der Waals surface area contributed by atoms with E-state index in [4.69, 9.17) is 5.26 Å². The van der Waals surface area contributed by atoms with Crippen LogP contribution in [0.4, 0.5) is 4.39 Å². The van der Waals surface area contributed by atoms with Crippen molar-refractivity contribution in [3.8, 4) is 6.07 Å². The summed E-state index contributed by atoms with van der Waals surface area (Å²) < 4.78 is 13.4. The quantitative estimate of drug-likeness (QED) is 0.740. The lowest BCUT2D eigenvalue weighted by Gasteiger charge is -2.21. The molecule has 3 nitrogen and oxygen atoms in total. The number of halogens is 1. The van der Waals surface area contributed by atoms with E-state index >= 15 is 0 Å². The Morgan fingerprint density at radius 2 is 2.16 bits per heavy atom. The van der Waals surface area contributed by atoms with Gasteiger partial charge in [0.1, 0.15) is 12.4 Å². The van der Waals surface area contributed by atoms with Gasteiger partial charge in [-0.05, 0) is 31.4 Å². The maximum Gasteiger partial charge on any atom is 0.226 e. The first-order valence-corrected chi connectivity index (χ1v) is 6.49. The maximum absolute atomic E-state index is 13.4. The molecule has 0 saturated carbocycles. The van der Waals surface area contributed by atoms with E-state index in [0.29, 0.717) is 24.9 Å². The number of rotatable bonds is 6. The molecule has 102 valence electrons. The summed E-state index contributed by atoms with van der Waals surface area (Å²) in [6.45, 7) is 4.30. The number of amides is 1. The van der Waals surface area contributed by atoms with Gasteiger partial charge in [-0.1, -0.05) is 25.1 Å². The largest absolute Gasteiger partial charge is 0.329 e. The van der Waals surface area contributed by atoms with Crippen LogP contribution >= 0.6 is 0 Å². The molecule has 0 fully saturated rings. The van der Waals surface area contributed by atoms with E-state index in [1.807, 2.05) is 19.9 Å². The van der Waals surface area contributed by atoms with E-state index in [1.165, 1.54) is 11.0 Å². The monoisotopic (exact) mass is 262 g/mol. The number of hydrogen-bond donors (Lipinski definition) is 0. The Kier molecular flexibility index (Phi) is 6.01. The van der Waals surface area contributed by atoms with Crippen molar-refractivity contribution in [2.45, 2.75) is 26.7 Å². The second-order valence-corrected chi connectivity index (χ2v) is 4.54. The lowest BCUT2D eigenvalue weighted by molar-refractivity contribution is -0.134. The summed E-state index contributed by atoms with van der Waals surface area (Å²) in [5.41, 5.74) is 0.630. The Morgan fingerprint density at radius 3 is 2.74 bits per heavy atom. The van der Waals surface area contributed by atoms with E-state index in [2.05, 4.69) is 0 Å². The topological polar surface area (TPSA) is 44.1 Å². The fourth-order valence-electron chi connectivity index (χ4n) is 1.94. The van der Waals surface area contributed by atoms with Crippen molar-refractivity contribution in [1.82, 2.24) is 4.90 Å². The highest BCUT2D eigenvalue weighted by Gasteiger charge is 2.19. The SMILES string of the molecule is CCN(CC#N)C(=O)[C@H](C)CCc1ccccc1F. The average Bonchev–Trinajstić information content (AvgIpc) is 2.42. The first-order chi connectivity index (χ1) is 9.10. The van der Waals surface area contributed by atoms with E-state index in [-0.39, 0.29) is 24.2 Å². The van der Waals surface area contributed by atoms with Crippen LogP contribution in [0.3, 0.4) is 0 Å². The maximum atomic E-state index is 13.4. The molecule has 4 heteroatoms. The summed E-state index contributed by atoms with van der Waals surface area (Å²) in [6, 6.07) is 8.59. The van der Waals surface area contributed by atoms with Gasteiger partial charge in [-0.2, -0.15) is 5.26 Å². The van der Waals surface area contributed by atoms with E-state index < -0.39 is 0 Å². The third kappa shape index (κ3) is 4.36. The molecular weight excluding hydrogens is 243 g/mol. The molecular formula is C15H19FN2O. The summed E-state index contributed by atoms with van der Waals surface area (Å²) in [5.74, 6) is -0.472. The van der Waals surface area contributed by atoms with E-state index in [0.717, 1.165) is 0 Å². The predicted molar refractivity (Wildman–Crippen MR) is 71.8 cm³/mol. The summed E-state index contributed by atoms with van der Waals surface area (Å²) >= 11 is 0. The zero-order valence-corrected chi connectivity index (χ0v) is 11.4. The molecule has 1 atom stereocenters. The molecule has 0 spiro atoms. The molecule has 0 N–H and O–H groups in total. The molecule has 0 aliphatic carbocycles. The molecule has 19 heavy (non-hydrogen) atoms. The molecule has 0 heterocycles. The molecule has 0 unspecified atom stereocenters. The Labute approximate surface area is 113 Å². The standard InChI is InChI=1S/C15H19FN2O/c1-3-18(11-10-17)15(19)12(2)8-9-13-6-4-5-7-14(13)16/h4-7,12H,3,8-9,11H2,1-2H3/t12-/m1/s1. The van der Waals surface area contributed by atoms with Crippen LogP contribution < -0.4 is 0 Å². The number of nitriles is 1. The molecule has 0 aliphatic heterocycles. The van der Waals surface area contributed by atoms with Gasteiger partial charge in [0.05, 0.1) is 6.07 Å². The van der Waals surface area contributed by atoms with E-state index in [1.54, 1.807) is 18.2 Å². The zero-order chi connectivity index (χ0) is 14.3. The molecule has 0 radical (unpaired) electrons. The molecule has 1 rings (SSSR count). The van der Waals surface area contributed by atoms with Gasteiger partial charge in [0.25, 0.3) is 0 Å². The minimum atomic E-state index is -0.230. The fourth-order valence-corrected chi connectivity index (χ4v) is 1.94. The average molecular weight is 262 g/mol. The highest BCUT2D eigenvalue weighted by Crippen LogP contribution is 2.14. The van der Waals surface area contributed by atoms with Gasteiger partial charge in [0.2, 0.25) is 5.91 Å². The molecule has 0 aliphatic rings. The summed E-state index contributed by atoms with van der Waals surface area (Å²) in [5, 5.41) is 8.65. The number of benzene rings is 1. The number of hydrogen-bond acceptors (Lipinski definition) is 2. The normalized spacial score (nSPS) is 11.7. The Bertz CT molecular complexity index is 467. The van der Waals surface area contributed by atoms with Crippen LogP contribution in [0.5, 0.6) is 0 Å². The molecule has 0 aromatic heterocycles. The lowest BCUT2D eigenvalue weighted by Crippen LogP contribution is -2.35. The van der Waals surface area contributed by atoms with Crippen molar-refractivity contribution in [2.24, 2.45) is 5.92 Å². The van der Waals surface area contributed by atoms with Gasteiger partial charge in [-0.15, -0.1) is 0 Å². The van der Waals surface area contributed by atoms with Gasteiger partial charge >= 0.3 is 0 Å². The number of aryl methyl sites for hydroxylation is 1. The molecule has 1 aromatic carbocycles. The van der Waals surface area contributed by atoms with Gasteiger partial charge in [0, 0.05) is 12.5 Å². The van der Waals surface area contributed by atoms with Crippen LogP contribution in [0.25, 0.3) is 0 Å². The minimum absolute atomic E-state index is 0.0413. The Hall–Kier alpha value is -1.89.